The zero-order valence-electron chi connectivity index (χ0n) is 14.8. The number of amides is 1. The Kier molecular flexibility index (Phi) is 6.07. The summed E-state index contributed by atoms with van der Waals surface area (Å²) in [5.41, 5.74) is 0.276. The van der Waals surface area contributed by atoms with Gasteiger partial charge in [0.25, 0.3) is 0 Å². The lowest BCUT2D eigenvalue weighted by Gasteiger charge is -2.40. The van der Waals surface area contributed by atoms with Gasteiger partial charge in [0.15, 0.2) is 0 Å². The molecule has 1 atom stereocenters. The average Bonchev–Trinajstić information content (AvgIpc) is 3.01. The van der Waals surface area contributed by atoms with Crippen LogP contribution < -0.4 is 5.32 Å². The maximum absolute atomic E-state index is 13.5. The molecule has 3 rings (SSSR count). The number of benzene rings is 1. The Labute approximate surface area is 149 Å². The summed E-state index contributed by atoms with van der Waals surface area (Å²) in [4.78, 5) is 15.0. The molecule has 2 aliphatic rings. The summed E-state index contributed by atoms with van der Waals surface area (Å²) in [5.74, 6) is -0.237. The summed E-state index contributed by atoms with van der Waals surface area (Å²) < 4.78 is 13.5. The van der Waals surface area contributed by atoms with E-state index in [0.29, 0.717) is 12.6 Å². The monoisotopic (exact) mass is 348 g/mol. The Balaban J connectivity index is 1.44. The predicted molar refractivity (Wildman–Crippen MR) is 95.9 cm³/mol. The van der Waals surface area contributed by atoms with Gasteiger partial charge in [-0.3, -0.25) is 9.69 Å². The van der Waals surface area contributed by atoms with Crippen molar-refractivity contribution < 1.29 is 14.3 Å². The van der Waals surface area contributed by atoms with Crippen LogP contribution in [0.15, 0.2) is 24.3 Å². The normalized spacial score (nSPS) is 22.6. The fourth-order valence-electron chi connectivity index (χ4n) is 4.17. The zero-order valence-corrected chi connectivity index (χ0v) is 14.8. The number of halogens is 1. The molecule has 4 nitrogen and oxygen atoms in total. The van der Waals surface area contributed by atoms with Gasteiger partial charge in [-0.2, -0.15) is 0 Å². The van der Waals surface area contributed by atoms with Crippen LogP contribution in [0.2, 0.25) is 0 Å². The molecular weight excluding hydrogens is 319 g/mol. The second-order valence-electron chi connectivity index (χ2n) is 7.42. The van der Waals surface area contributed by atoms with E-state index < -0.39 is 5.41 Å². The molecule has 138 valence electrons. The van der Waals surface area contributed by atoms with E-state index in [1.165, 1.54) is 12.1 Å². The summed E-state index contributed by atoms with van der Waals surface area (Å²) >= 11 is 0. The fraction of sp³-hybridized carbons (Fsp3) is 0.650. The van der Waals surface area contributed by atoms with Crippen LogP contribution >= 0.6 is 0 Å². The van der Waals surface area contributed by atoms with Crippen LogP contribution in [0, 0.1) is 5.82 Å². The standard InChI is InChI=1S/C20H29FN2O2/c21-17-7-3-6-16(14-17)20(9-5-10-20)19(25)22-11-1-2-12-23-13-4-8-18(23)15-24/h3,6-7,14,18,24H,1-2,4-5,8-13,15H2,(H,22,25). The predicted octanol–water partition coefficient (Wildman–Crippen LogP) is 2.60. The molecule has 1 saturated heterocycles. The number of unbranched alkanes of at least 4 members (excludes halogenated alkanes) is 1. The van der Waals surface area contributed by atoms with E-state index in [9.17, 15) is 14.3 Å². The molecule has 1 aromatic rings. The van der Waals surface area contributed by atoms with Gasteiger partial charge in [-0.1, -0.05) is 18.6 Å². The quantitative estimate of drug-likeness (QED) is 0.710. The molecule has 1 aliphatic carbocycles. The Morgan fingerprint density at radius 1 is 1.32 bits per heavy atom. The lowest BCUT2D eigenvalue weighted by atomic mass is 9.64. The van der Waals surface area contributed by atoms with Crippen molar-refractivity contribution in [3.63, 3.8) is 0 Å². The lowest BCUT2D eigenvalue weighted by Crippen LogP contribution is -2.49. The minimum absolute atomic E-state index is 0.0405. The van der Waals surface area contributed by atoms with Crippen LogP contribution in [0.1, 0.15) is 50.5 Å². The highest BCUT2D eigenvalue weighted by Crippen LogP contribution is 2.44. The Morgan fingerprint density at radius 2 is 2.16 bits per heavy atom. The van der Waals surface area contributed by atoms with E-state index in [0.717, 1.165) is 63.6 Å². The van der Waals surface area contributed by atoms with Crippen molar-refractivity contribution in [3.05, 3.63) is 35.6 Å². The molecule has 0 spiro atoms. The second kappa shape index (κ2) is 8.28. The van der Waals surface area contributed by atoms with E-state index >= 15 is 0 Å². The lowest BCUT2D eigenvalue weighted by molar-refractivity contribution is -0.129. The molecule has 25 heavy (non-hydrogen) atoms. The molecule has 0 bridgehead atoms. The summed E-state index contributed by atoms with van der Waals surface area (Å²) in [7, 11) is 0. The van der Waals surface area contributed by atoms with Crippen LogP contribution in [0.25, 0.3) is 0 Å². The molecule has 2 N–H and O–H groups in total. The third-order valence-electron chi connectivity index (χ3n) is 5.89. The highest BCUT2D eigenvalue weighted by Gasteiger charge is 2.45. The largest absolute Gasteiger partial charge is 0.395 e. The van der Waals surface area contributed by atoms with Crippen molar-refractivity contribution >= 4 is 5.91 Å². The van der Waals surface area contributed by atoms with E-state index in [1.807, 2.05) is 6.07 Å². The molecule has 1 unspecified atom stereocenters. The Bertz CT molecular complexity index is 589. The second-order valence-corrected chi connectivity index (χ2v) is 7.42. The van der Waals surface area contributed by atoms with Crippen molar-refractivity contribution in [1.82, 2.24) is 10.2 Å². The SMILES string of the molecule is O=C(NCCCCN1CCCC1CO)C1(c2cccc(F)c2)CCC1. The number of carbonyl (C=O) groups is 1. The van der Waals surface area contributed by atoms with Gasteiger partial charge >= 0.3 is 0 Å². The highest BCUT2D eigenvalue weighted by atomic mass is 19.1. The Morgan fingerprint density at radius 3 is 2.84 bits per heavy atom. The number of aliphatic hydroxyl groups excluding tert-OH is 1. The van der Waals surface area contributed by atoms with E-state index in [2.05, 4.69) is 10.2 Å². The number of aliphatic hydroxyl groups is 1. The van der Waals surface area contributed by atoms with Crippen LogP contribution in [0.4, 0.5) is 4.39 Å². The molecule has 1 aromatic carbocycles. The van der Waals surface area contributed by atoms with E-state index in [1.54, 1.807) is 6.07 Å². The first-order valence-corrected chi connectivity index (χ1v) is 9.55. The van der Waals surface area contributed by atoms with Crippen molar-refractivity contribution in [2.75, 3.05) is 26.2 Å². The minimum atomic E-state index is -0.529. The van der Waals surface area contributed by atoms with Crippen LogP contribution in [-0.2, 0) is 10.2 Å². The molecule has 1 saturated carbocycles. The molecular formula is C20H29FN2O2. The number of rotatable bonds is 8. The maximum atomic E-state index is 13.5. The van der Waals surface area contributed by atoms with E-state index in [4.69, 9.17) is 0 Å². The van der Waals surface area contributed by atoms with Gasteiger partial charge in [-0.05, 0) is 69.3 Å². The third-order valence-corrected chi connectivity index (χ3v) is 5.89. The van der Waals surface area contributed by atoms with Crippen molar-refractivity contribution in [2.45, 2.75) is 56.4 Å². The first-order valence-electron chi connectivity index (χ1n) is 9.55. The highest BCUT2D eigenvalue weighted by molar-refractivity contribution is 5.89. The Hall–Kier alpha value is -1.46. The number of hydrogen-bond donors (Lipinski definition) is 2. The number of nitrogens with one attached hydrogen (secondary N) is 1. The number of likely N-dealkylation sites (tertiary alicyclic amines) is 1. The first kappa shape index (κ1) is 18.3. The molecule has 0 radical (unpaired) electrons. The van der Waals surface area contributed by atoms with Gasteiger partial charge in [0.05, 0.1) is 12.0 Å². The van der Waals surface area contributed by atoms with Gasteiger partial charge in [0, 0.05) is 12.6 Å². The van der Waals surface area contributed by atoms with Crippen molar-refractivity contribution in [2.24, 2.45) is 0 Å². The summed E-state index contributed by atoms with van der Waals surface area (Å²) in [6, 6.07) is 6.80. The van der Waals surface area contributed by atoms with Crippen molar-refractivity contribution in [1.29, 1.82) is 0 Å². The van der Waals surface area contributed by atoms with Gasteiger partial charge < -0.3 is 10.4 Å². The van der Waals surface area contributed by atoms with Crippen LogP contribution in [0.3, 0.4) is 0 Å². The summed E-state index contributed by atoms with van der Waals surface area (Å²) in [6.45, 7) is 2.96. The topological polar surface area (TPSA) is 52.6 Å². The van der Waals surface area contributed by atoms with Gasteiger partial charge in [0.1, 0.15) is 5.82 Å². The molecule has 0 aromatic heterocycles. The number of nitrogens with zero attached hydrogens (tertiary/aromatic N) is 1. The van der Waals surface area contributed by atoms with Crippen molar-refractivity contribution in [3.8, 4) is 0 Å². The van der Waals surface area contributed by atoms with Gasteiger partial charge in [0.2, 0.25) is 5.91 Å². The summed E-state index contributed by atoms with van der Waals surface area (Å²) in [5, 5.41) is 12.4. The van der Waals surface area contributed by atoms with E-state index in [-0.39, 0.29) is 18.3 Å². The van der Waals surface area contributed by atoms with Gasteiger partial charge in [-0.15, -0.1) is 0 Å². The fourth-order valence-corrected chi connectivity index (χ4v) is 4.17. The molecule has 5 heteroatoms. The first-order chi connectivity index (χ1) is 12.2. The molecule has 1 aliphatic heterocycles. The molecule has 1 heterocycles. The minimum Gasteiger partial charge on any atom is -0.395 e. The van der Waals surface area contributed by atoms with Gasteiger partial charge in [-0.25, -0.2) is 4.39 Å². The molecule has 1 amide bonds. The average molecular weight is 348 g/mol. The van der Waals surface area contributed by atoms with Crippen LogP contribution in [-0.4, -0.2) is 48.2 Å². The number of carbonyl (C=O) groups excluding carboxylic acids is 1. The zero-order chi connectivity index (χ0) is 17.7. The summed E-state index contributed by atoms with van der Waals surface area (Å²) in [6.07, 6.45) is 6.81. The smallest absolute Gasteiger partial charge is 0.230 e. The number of hydrogen-bond acceptors (Lipinski definition) is 3. The molecule has 2 fully saturated rings. The maximum Gasteiger partial charge on any atom is 0.230 e. The van der Waals surface area contributed by atoms with Crippen LogP contribution in [0.5, 0.6) is 0 Å². The third kappa shape index (κ3) is 4.04.